The van der Waals surface area contributed by atoms with Gasteiger partial charge >= 0.3 is 0 Å². The van der Waals surface area contributed by atoms with Crippen LogP contribution in [0.15, 0.2) is 24.3 Å². The Morgan fingerprint density at radius 3 is 1.57 bits per heavy atom. The summed E-state index contributed by atoms with van der Waals surface area (Å²) in [5, 5.41) is 1.03. The van der Waals surface area contributed by atoms with Gasteiger partial charge in [0, 0.05) is 12.1 Å². The van der Waals surface area contributed by atoms with Gasteiger partial charge in [-0.3, -0.25) is 0 Å². The van der Waals surface area contributed by atoms with E-state index in [1.165, 1.54) is 0 Å². The Bertz CT molecular complexity index is 623. The molecular formula is C15H13Cl3O3. The number of halogens is 3. The second-order valence-electron chi connectivity index (χ2n) is 4.16. The Kier molecular flexibility index (Phi) is 5.09. The van der Waals surface area contributed by atoms with Crippen LogP contribution in [-0.4, -0.2) is 21.3 Å². The molecule has 0 saturated heterocycles. The van der Waals surface area contributed by atoms with Gasteiger partial charge in [-0.15, -0.1) is 0 Å². The molecule has 0 amide bonds. The van der Waals surface area contributed by atoms with E-state index < -0.39 is 0 Å². The number of hydrogen-bond donors (Lipinski definition) is 0. The molecule has 0 bridgehead atoms. The van der Waals surface area contributed by atoms with E-state index in [0.717, 1.165) is 11.1 Å². The van der Waals surface area contributed by atoms with Gasteiger partial charge in [0.25, 0.3) is 0 Å². The van der Waals surface area contributed by atoms with Crippen molar-refractivity contribution in [2.75, 3.05) is 21.3 Å². The van der Waals surface area contributed by atoms with Crippen LogP contribution in [-0.2, 0) is 0 Å². The first-order valence-electron chi connectivity index (χ1n) is 5.96. The summed E-state index contributed by atoms with van der Waals surface area (Å²) in [6.45, 7) is 0. The first kappa shape index (κ1) is 16.1. The van der Waals surface area contributed by atoms with Crippen LogP contribution >= 0.6 is 34.8 Å². The fourth-order valence-electron chi connectivity index (χ4n) is 1.99. The number of benzene rings is 2. The largest absolute Gasteiger partial charge is 0.496 e. The molecule has 0 N–H and O–H groups in total. The third-order valence-electron chi connectivity index (χ3n) is 2.99. The van der Waals surface area contributed by atoms with E-state index in [-0.39, 0.29) is 0 Å². The molecule has 2 aromatic carbocycles. The van der Waals surface area contributed by atoms with Gasteiger partial charge in [-0.25, -0.2) is 0 Å². The Balaban J connectivity index is 2.73. The molecule has 6 heteroatoms. The second kappa shape index (κ2) is 6.65. The lowest BCUT2D eigenvalue weighted by Gasteiger charge is -2.16. The Hall–Kier alpha value is -1.29. The van der Waals surface area contributed by atoms with Gasteiger partial charge in [0.1, 0.15) is 17.2 Å². The van der Waals surface area contributed by atoms with Crippen molar-refractivity contribution in [2.45, 2.75) is 0 Å². The molecule has 21 heavy (non-hydrogen) atoms. The quantitative estimate of drug-likeness (QED) is 0.699. The molecule has 2 aromatic rings. The van der Waals surface area contributed by atoms with Gasteiger partial charge in [-0.1, -0.05) is 34.8 Å². The zero-order chi connectivity index (χ0) is 15.6. The summed E-state index contributed by atoms with van der Waals surface area (Å²) in [4.78, 5) is 0. The molecule has 3 nitrogen and oxygen atoms in total. The molecular weight excluding hydrogens is 335 g/mol. The Morgan fingerprint density at radius 1 is 0.714 bits per heavy atom. The van der Waals surface area contributed by atoms with E-state index in [4.69, 9.17) is 49.0 Å². The number of hydrogen-bond acceptors (Lipinski definition) is 3. The van der Waals surface area contributed by atoms with Crippen LogP contribution in [0, 0.1) is 0 Å². The Morgan fingerprint density at radius 2 is 1.19 bits per heavy atom. The summed E-state index contributed by atoms with van der Waals surface area (Å²) >= 11 is 18.2. The van der Waals surface area contributed by atoms with E-state index in [9.17, 15) is 0 Å². The highest BCUT2D eigenvalue weighted by Crippen LogP contribution is 2.44. The van der Waals surface area contributed by atoms with Crippen molar-refractivity contribution in [2.24, 2.45) is 0 Å². The van der Waals surface area contributed by atoms with Gasteiger partial charge in [-0.2, -0.15) is 0 Å². The minimum Gasteiger partial charge on any atom is -0.496 e. The molecule has 0 atom stereocenters. The highest BCUT2D eigenvalue weighted by Gasteiger charge is 2.17. The maximum Gasteiger partial charge on any atom is 0.134 e. The SMILES string of the molecule is COc1cc(OC)c(-c2cc(Cl)c(Cl)c(Cl)c2)c(OC)c1. The smallest absolute Gasteiger partial charge is 0.134 e. The van der Waals surface area contributed by atoms with Gasteiger partial charge in [0.15, 0.2) is 0 Å². The molecule has 0 heterocycles. The van der Waals surface area contributed by atoms with E-state index >= 15 is 0 Å². The maximum absolute atomic E-state index is 6.10. The molecule has 112 valence electrons. The van der Waals surface area contributed by atoms with Gasteiger partial charge in [-0.05, 0) is 17.7 Å². The molecule has 0 radical (unpaired) electrons. The van der Waals surface area contributed by atoms with Crippen LogP contribution in [0.4, 0.5) is 0 Å². The molecule has 0 saturated carbocycles. The zero-order valence-corrected chi connectivity index (χ0v) is 13.9. The highest BCUT2D eigenvalue weighted by atomic mass is 35.5. The van der Waals surface area contributed by atoms with Gasteiger partial charge in [0.05, 0.1) is 42.0 Å². The summed E-state index contributed by atoms with van der Waals surface area (Å²) in [5.74, 6) is 1.79. The summed E-state index contributed by atoms with van der Waals surface area (Å²) in [6.07, 6.45) is 0. The second-order valence-corrected chi connectivity index (χ2v) is 5.35. The fraction of sp³-hybridized carbons (Fsp3) is 0.200. The van der Waals surface area contributed by atoms with Crippen LogP contribution in [0.5, 0.6) is 17.2 Å². The molecule has 0 aliphatic carbocycles. The lowest BCUT2D eigenvalue weighted by molar-refractivity contribution is 0.377. The molecule has 2 rings (SSSR count). The summed E-state index contributed by atoms with van der Waals surface area (Å²) in [7, 11) is 4.71. The van der Waals surface area contributed by atoms with Crippen LogP contribution in [0.1, 0.15) is 0 Å². The summed E-state index contributed by atoms with van der Waals surface area (Å²) < 4.78 is 16.1. The van der Waals surface area contributed by atoms with Crippen LogP contribution in [0.2, 0.25) is 15.1 Å². The first-order valence-corrected chi connectivity index (χ1v) is 7.10. The monoisotopic (exact) mass is 346 g/mol. The lowest BCUT2D eigenvalue weighted by Crippen LogP contribution is -1.95. The first-order chi connectivity index (χ1) is 10.0. The summed E-state index contributed by atoms with van der Waals surface area (Å²) in [5.41, 5.74) is 1.46. The summed E-state index contributed by atoms with van der Waals surface area (Å²) in [6, 6.07) is 6.94. The standard InChI is InChI=1S/C15H13Cl3O3/c1-19-9-6-12(20-2)14(13(7-9)21-3)8-4-10(16)15(18)11(17)5-8/h4-7H,1-3H3. The van der Waals surface area contributed by atoms with Gasteiger partial charge in [0.2, 0.25) is 0 Å². The van der Waals surface area contributed by atoms with Gasteiger partial charge < -0.3 is 14.2 Å². The van der Waals surface area contributed by atoms with Crippen molar-refractivity contribution in [1.82, 2.24) is 0 Å². The normalized spacial score (nSPS) is 10.4. The van der Waals surface area contributed by atoms with Crippen LogP contribution in [0.3, 0.4) is 0 Å². The van der Waals surface area contributed by atoms with E-state index in [1.807, 2.05) is 0 Å². The molecule has 0 fully saturated rings. The maximum atomic E-state index is 6.10. The molecule has 0 unspecified atom stereocenters. The highest BCUT2D eigenvalue weighted by molar-refractivity contribution is 6.48. The number of rotatable bonds is 4. The lowest BCUT2D eigenvalue weighted by atomic mass is 10.0. The van der Waals surface area contributed by atoms with Crippen molar-refractivity contribution in [3.63, 3.8) is 0 Å². The Labute approximate surface area is 138 Å². The van der Waals surface area contributed by atoms with E-state index in [1.54, 1.807) is 45.6 Å². The minimum atomic E-state index is 0.313. The minimum absolute atomic E-state index is 0.313. The van der Waals surface area contributed by atoms with Crippen molar-refractivity contribution in [3.8, 4) is 28.4 Å². The van der Waals surface area contributed by atoms with Crippen molar-refractivity contribution in [3.05, 3.63) is 39.3 Å². The van der Waals surface area contributed by atoms with Crippen molar-refractivity contribution >= 4 is 34.8 Å². The topological polar surface area (TPSA) is 27.7 Å². The third kappa shape index (κ3) is 3.15. The molecule has 0 aromatic heterocycles. The predicted octanol–water partition coefficient (Wildman–Crippen LogP) is 5.34. The van der Waals surface area contributed by atoms with E-state index in [0.29, 0.717) is 32.3 Å². The predicted molar refractivity (Wildman–Crippen MR) is 86.6 cm³/mol. The van der Waals surface area contributed by atoms with E-state index in [2.05, 4.69) is 0 Å². The third-order valence-corrected chi connectivity index (χ3v) is 4.18. The molecule has 0 spiro atoms. The zero-order valence-electron chi connectivity index (χ0n) is 11.7. The van der Waals surface area contributed by atoms with Crippen molar-refractivity contribution < 1.29 is 14.2 Å². The average molecular weight is 348 g/mol. The number of ether oxygens (including phenoxy) is 3. The fourth-order valence-corrected chi connectivity index (χ4v) is 2.59. The van der Waals surface area contributed by atoms with Crippen LogP contribution in [0.25, 0.3) is 11.1 Å². The molecule has 0 aliphatic heterocycles. The van der Waals surface area contributed by atoms with Crippen molar-refractivity contribution in [1.29, 1.82) is 0 Å². The number of methoxy groups -OCH3 is 3. The molecule has 0 aliphatic rings. The van der Waals surface area contributed by atoms with Crippen LogP contribution < -0.4 is 14.2 Å². The average Bonchev–Trinajstić information content (AvgIpc) is 2.50.